The van der Waals surface area contributed by atoms with Gasteiger partial charge in [0.25, 0.3) is 0 Å². The molecule has 0 aromatic rings. The maximum Gasteiger partial charge on any atom is 0.320 e. The van der Waals surface area contributed by atoms with Gasteiger partial charge in [0.2, 0.25) is 0 Å². The molecule has 1 atom stereocenters. The number of carbonyl (C=O) groups is 1. The molecule has 94 valence electrons. The van der Waals surface area contributed by atoms with Crippen LogP contribution in [0.5, 0.6) is 0 Å². The zero-order chi connectivity index (χ0) is 11.8. The summed E-state index contributed by atoms with van der Waals surface area (Å²) in [6.07, 6.45) is 8.21. The third-order valence-electron chi connectivity index (χ3n) is 3.23. The van der Waals surface area contributed by atoms with Crippen LogP contribution < -0.4 is 5.32 Å². The summed E-state index contributed by atoms with van der Waals surface area (Å²) in [6.45, 7) is 1.66. The number of ether oxygens (including phenoxy) is 1. The molecular formula is C12H22BrNO2. The van der Waals surface area contributed by atoms with Gasteiger partial charge in [0.05, 0.1) is 7.11 Å². The van der Waals surface area contributed by atoms with E-state index < -0.39 is 0 Å². The van der Waals surface area contributed by atoms with Gasteiger partial charge in [-0.1, -0.05) is 48.0 Å². The molecule has 1 rings (SSSR count). The van der Waals surface area contributed by atoms with Crippen LogP contribution in [0.15, 0.2) is 0 Å². The Morgan fingerprint density at radius 1 is 1.44 bits per heavy atom. The molecule has 0 aromatic heterocycles. The summed E-state index contributed by atoms with van der Waals surface area (Å²) in [6, 6.07) is 0. The molecule has 1 aliphatic carbocycles. The van der Waals surface area contributed by atoms with Crippen LogP contribution in [0.1, 0.15) is 38.5 Å². The van der Waals surface area contributed by atoms with Gasteiger partial charge in [-0.15, -0.1) is 0 Å². The van der Waals surface area contributed by atoms with Crippen LogP contribution in [0, 0.1) is 5.92 Å². The van der Waals surface area contributed by atoms with Gasteiger partial charge in [-0.2, -0.15) is 0 Å². The number of nitrogens with one attached hydrogen (secondary N) is 1. The molecule has 0 heterocycles. The highest BCUT2D eigenvalue weighted by atomic mass is 79.9. The minimum atomic E-state index is -0.219. The number of rotatable bonds is 6. The first-order valence-corrected chi connectivity index (χ1v) is 7.08. The Hall–Kier alpha value is -0.0900. The molecule has 0 aromatic carbocycles. The van der Waals surface area contributed by atoms with Crippen molar-refractivity contribution >= 4 is 21.9 Å². The van der Waals surface area contributed by atoms with Crippen molar-refractivity contribution < 1.29 is 9.53 Å². The number of esters is 1. The quantitative estimate of drug-likeness (QED) is 0.464. The summed E-state index contributed by atoms with van der Waals surface area (Å²) in [7, 11) is 1.42. The second kappa shape index (κ2) is 8.07. The van der Waals surface area contributed by atoms with E-state index in [1.54, 1.807) is 0 Å². The molecule has 0 spiro atoms. The lowest BCUT2D eigenvalue weighted by Crippen LogP contribution is -2.31. The summed E-state index contributed by atoms with van der Waals surface area (Å²) in [5, 5.41) is 3.30. The number of halogens is 1. The maximum absolute atomic E-state index is 11.1. The molecule has 1 unspecified atom stereocenters. The van der Waals surface area contributed by atoms with E-state index in [9.17, 15) is 4.79 Å². The number of hydrogen-bond donors (Lipinski definition) is 1. The molecule has 4 heteroatoms. The topological polar surface area (TPSA) is 38.3 Å². The van der Waals surface area contributed by atoms with Crippen molar-refractivity contribution in [1.29, 1.82) is 0 Å². The van der Waals surface area contributed by atoms with Crippen LogP contribution in [0.4, 0.5) is 0 Å². The van der Waals surface area contributed by atoms with Crippen LogP contribution in [0.2, 0.25) is 0 Å². The highest BCUT2D eigenvalue weighted by molar-refractivity contribution is 9.10. The van der Waals surface area contributed by atoms with Gasteiger partial charge in [0.15, 0.2) is 0 Å². The highest BCUT2D eigenvalue weighted by Gasteiger charge is 2.15. The molecule has 0 saturated heterocycles. The van der Waals surface area contributed by atoms with Crippen molar-refractivity contribution in [2.75, 3.05) is 20.2 Å². The lowest BCUT2D eigenvalue weighted by Gasteiger charge is -2.21. The number of methoxy groups -OCH3 is 1. The Balaban J connectivity index is 2.00. The molecule has 16 heavy (non-hydrogen) atoms. The Morgan fingerprint density at radius 2 is 2.12 bits per heavy atom. The lowest BCUT2D eigenvalue weighted by molar-refractivity contribution is -0.139. The molecule has 1 N–H and O–H groups in total. The second-order valence-corrected chi connectivity index (χ2v) is 5.59. The predicted octanol–water partition coefficient (Wildman–Crippen LogP) is 2.48. The monoisotopic (exact) mass is 291 g/mol. The fourth-order valence-corrected chi connectivity index (χ4v) is 2.64. The van der Waals surface area contributed by atoms with Gasteiger partial charge < -0.3 is 10.1 Å². The van der Waals surface area contributed by atoms with E-state index in [0.717, 1.165) is 12.5 Å². The van der Waals surface area contributed by atoms with E-state index >= 15 is 0 Å². The normalized spacial score (nSPS) is 19.4. The third-order valence-corrected chi connectivity index (χ3v) is 3.93. The van der Waals surface area contributed by atoms with Crippen LogP contribution in [-0.4, -0.2) is 31.0 Å². The van der Waals surface area contributed by atoms with E-state index in [4.69, 9.17) is 0 Å². The first-order chi connectivity index (χ1) is 7.74. The molecule has 0 bridgehead atoms. The maximum atomic E-state index is 11.1. The van der Waals surface area contributed by atoms with Crippen LogP contribution in [-0.2, 0) is 9.53 Å². The summed E-state index contributed by atoms with van der Waals surface area (Å²) in [4.78, 5) is 10.9. The van der Waals surface area contributed by atoms with Crippen LogP contribution in [0.3, 0.4) is 0 Å². The van der Waals surface area contributed by atoms with Gasteiger partial charge in [0.1, 0.15) is 4.83 Å². The summed E-state index contributed by atoms with van der Waals surface area (Å²) >= 11 is 3.29. The molecule has 1 saturated carbocycles. The Morgan fingerprint density at radius 3 is 2.75 bits per heavy atom. The minimum absolute atomic E-state index is 0.204. The third kappa shape index (κ3) is 5.30. The first-order valence-electron chi connectivity index (χ1n) is 6.16. The summed E-state index contributed by atoms with van der Waals surface area (Å²) in [5.41, 5.74) is 0. The van der Waals surface area contributed by atoms with Crippen molar-refractivity contribution in [3.63, 3.8) is 0 Å². The standard InChI is InChI=1S/C12H22BrNO2/c1-16-12(15)11(13)9-14-8-7-10-5-3-2-4-6-10/h10-11,14H,2-9H2,1H3. The zero-order valence-electron chi connectivity index (χ0n) is 10.0. The highest BCUT2D eigenvalue weighted by Crippen LogP contribution is 2.25. The van der Waals surface area contributed by atoms with E-state index in [1.807, 2.05) is 0 Å². The van der Waals surface area contributed by atoms with Crippen molar-refractivity contribution in [3.8, 4) is 0 Å². The summed E-state index contributed by atoms with van der Waals surface area (Å²) in [5.74, 6) is 0.693. The van der Waals surface area contributed by atoms with Crippen molar-refractivity contribution in [2.24, 2.45) is 5.92 Å². The Kier molecular flexibility index (Phi) is 7.05. The first kappa shape index (κ1) is 14.0. The van der Waals surface area contributed by atoms with Crippen molar-refractivity contribution in [1.82, 2.24) is 5.32 Å². The molecule has 1 aliphatic rings. The minimum Gasteiger partial charge on any atom is -0.468 e. The number of alkyl halides is 1. The molecule has 0 radical (unpaired) electrons. The molecule has 0 aliphatic heterocycles. The number of carbonyl (C=O) groups excluding carboxylic acids is 1. The fourth-order valence-electron chi connectivity index (χ4n) is 2.22. The van der Waals surface area contributed by atoms with Crippen LogP contribution in [0.25, 0.3) is 0 Å². The zero-order valence-corrected chi connectivity index (χ0v) is 11.6. The largest absolute Gasteiger partial charge is 0.468 e. The summed E-state index contributed by atoms with van der Waals surface area (Å²) < 4.78 is 4.63. The predicted molar refractivity (Wildman–Crippen MR) is 68.8 cm³/mol. The average molecular weight is 292 g/mol. The van der Waals surface area contributed by atoms with Crippen LogP contribution >= 0.6 is 15.9 Å². The van der Waals surface area contributed by atoms with Gasteiger partial charge in [-0.25, -0.2) is 0 Å². The van der Waals surface area contributed by atoms with Gasteiger partial charge in [-0.05, 0) is 18.9 Å². The molecular weight excluding hydrogens is 270 g/mol. The SMILES string of the molecule is COC(=O)C(Br)CNCCC1CCCCC1. The van der Waals surface area contributed by atoms with Gasteiger partial charge in [0, 0.05) is 6.54 Å². The average Bonchev–Trinajstić information content (AvgIpc) is 2.34. The number of hydrogen-bond acceptors (Lipinski definition) is 3. The van der Waals surface area contributed by atoms with Crippen molar-refractivity contribution in [2.45, 2.75) is 43.4 Å². The van der Waals surface area contributed by atoms with E-state index in [0.29, 0.717) is 6.54 Å². The second-order valence-electron chi connectivity index (χ2n) is 4.49. The van der Waals surface area contributed by atoms with E-state index in [2.05, 4.69) is 26.0 Å². The van der Waals surface area contributed by atoms with E-state index in [1.165, 1.54) is 45.6 Å². The lowest BCUT2D eigenvalue weighted by atomic mass is 9.87. The molecule has 3 nitrogen and oxygen atoms in total. The van der Waals surface area contributed by atoms with E-state index in [-0.39, 0.29) is 10.8 Å². The Bertz CT molecular complexity index is 205. The van der Waals surface area contributed by atoms with Gasteiger partial charge in [-0.3, -0.25) is 4.79 Å². The smallest absolute Gasteiger partial charge is 0.320 e. The van der Waals surface area contributed by atoms with Gasteiger partial charge >= 0.3 is 5.97 Å². The fraction of sp³-hybridized carbons (Fsp3) is 0.917. The molecule has 1 fully saturated rings. The van der Waals surface area contributed by atoms with Crippen molar-refractivity contribution in [3.05, 3.63) is 0 Å². The molecule has 0 amide bonds. The Labute approximate surface area is 106 Å².